The summed E-state index contributed by atoms with van der Waals surface area (Å²) < 4.78 is 1.08. The van der Waals surface area contributed by atoms with Crippen molar-refractivity contribution in [3.63, 3.8) is 0 Å². The second kappa shape index (κ2) is 6.04. The lowest BCUT2D eigenvalue weighted by molar-refractivity contribution is -0.120. The molecule has 0 unspecified atom stereocenters. The fraction of sp³-hybridized carbons (Fsp3) is 0.462. The van der Waals surface area contributed by atoms with Gasteiger partial charge in [-0.3, -0.25) is 4.79 Å². The smallest absolute Gasteiger partial charge is 0.224 e. The number of amides is 1. The van der Waals surface area contributed by atoms with Crippen molar-refractivity contribution in [3.05, 3.63) is 33.8 Å². The summed E-state index contributed by atoms with van der Waals surface area (Å²) in [5.41, 5.74) is 2.22. The zero-order valence-electron chi connectivity index (χ0n) is 10.0. The Labute approximate surface area is 106 Å². The molecule has 16 heavy (non-hydrogen) atoms. The zero-order chi connectivity index (χ0) is 12.1. The molecule has 0 saturated heterocycles. The lowest BCUT2D eigenvalue weighted by Gasteiger charge is -2.08. The monoisotopic (exact) mass is 283 g/mol. The molecule has 0 aliphatic carbocycles. The molecule has 3 heteroatoms. The van der Waals surface area contributed by atoms with Crippen LogP contribution in [-0.2, 0) is 11.2 Å². The summed E-state index contributed by atoms with van der Waals surface area (Å²) in [6, 6.07) is 6.01. The third-order valence-corrected chi connectivity index (χ3v) is 3.18. The van der Waals surface area contributed by atoms with E-state index in [4.69, 9.17) is 0 Å². The SMILES string of the molecule is Cc1cc(CC(=O)NCC(C)C)ccc1Br. The van der Waals surface area contributed by atoms with Crippen LogP contribution in [-0.4, -0.2) is 12.5 Å². The van der Waals surface area contributed by atoms with E-state index in [2.05, 4.69) is 35.1 Å². The molecule has 0 aliphatic rings. The molecule has 1 rings (SSSR count). The lowest BCUT2D eigenvalue weighted by Crippen LogP contribution is -2.28. The van der Waals surface area contributed by atoms with Gasteiger partial charge in [0.15, 0.2) is 0 Å². The maximum atomic E-state index is 11.6. The van der Waals surface area contributed by atoms with Crippen molar-refractivity contribution in [3.8, 4) is 0 Å². The number of aryl methyl sites for hydroxylation is 1. The number of hydrogen-bond donors (Lipinski definition) is 1. The Kier molecular flexibility index (Phi) is 5.00. The van der Waals surface area contributed by atoms with Crippen molar-refractivity contribution in [2.24, 2.45) is 5.92 Å². The maximum Gasteiger partial charge on any atom is 0.224 e. The third-order valence-electron chi connectivity index (χ3n) is 2.29. The van der Waals surface area contributed by atoms with E-state index in [1.165, 1.54) is 0 Å². The van der Waals surface area contributed by atoms with Gasteiger partial charge < -0.3 is 5.32 Å². The molecule has 1 amide bonds. The zero-order valence-corrected chi connectivity index (χ0v) is 11.6. The van der Waals surface area contributed by atoms with Gasteiger partial charge in [0.1, 0.15) is 0 Å². The van der Waals surface area contributed by atoms with Gasteiger partial charge in [-0.05, 0) is 30.0 Å². The first kappa shape index (κ1) is 13.2. The number of nitrogens with one attached hydrogen (secondary N) is 1. The summed E-state index contributed by atoms with van der Waals surface area (Å²) in [5.74, 6) is 0.589. The first-order chi connectivity index (χ1) is 7.49. The molecular weight excluding hydrogens is 266 g/mol. The van der Waals surface area contributed by atoms with Crippen molar-refractivity contribution < 1.29 is 4.79 Å². The van der Waals surface area contributed by atoms with Crippen LogP contribution < -0.4 is 5.32 Å². The largest absolute Gasteiger partial charge is 0.356 e. The Morgan fingerprint density at radius 2 is 2.12 bits per heavy atom. The molecular formula is C13H18BrNO. The first-order valence-electron chi connectivity index (χ1n) is 5.50. The number of halogens is 1. The molecule has 0 saturated carbocycles. The van der Waals surface area contributed by atoms with Crippen LogP contribution in [0.25, 0.3) is 0 Å². The number of benzene rings is 1. The van der Waals surface area contributed by atoms with E-state index in [0.29, 0.717) is 12.3 Å². The van der Waals surface area contributed by atoms with Gasteiger partial charge in [-0.15, -0.1) is 0 Å². The van der Waals surface area contributed by atoms with Crippen LogP contribution in [0.1, 0.15) is 25.0 Å². The van der Waals surface area contributed by atoms with E-state index in [9.17, 15) is 4.79 Å². The van der Waals surface area contributed by atoms with Crippen LogP contribution >= 0.6 is 15.9 Å². The number of carbonyl (C=O) groups excluding carboxylic acids is 1. The van der Waals surface area contributed by atoms with Gasteiger partial charge in [0.05, 0.1) is 6.42 Å². The predicted octanol–water partition coefficient (Wildman–Crippen LogP) is 3.07. The quantitative estimate of drug-likeness (QED) is 0.904. The number of rotatable bonds is 4. The predicted molar refractivity (Wildman–Crippen MR) is 70.4 cm³/mol. The summed E-state index contributed by atoms with van der Waals surface area (Å²) in [5, 5.41) is 2.91. The molecule has 1 aromatic carbocycles. The molecule has 1 N–H and O–H groups in total. The van der Waals surface area contributed by atoms with Crippen LogP contribution in [0.2, 0.25) is 0 Å². The van der Waals surface area contributed by atoms with E-state index in [1.807, 2.05) is 25.1 Å². The highest BCUT2D eigenvalue weighted by atomic mass is 79.9. The summed E-state index contributed by atoms with van der Waals surface area (Å²) in [6.45, 7) is 6.95. The molecule has 0 spiro atoms. The molecule has 88 valence electrons. The maximum absolute atomic E-state index is 11.6. The minimum Gasteiger partial charge on any atom is -0.356 e. The highest BCUT2D eigenvalue weighted by Gasteiger charge is 2.05. The molecule has 0 fully saturated rings. The van der Waals surface area contributed by atoms with Crippen LogP contribution in [0.4, 0.5) is 0 Å². The van der Waals surface area contributed by atoms with E-state index < -0.39 is 0 Å². The summed E-state index contributed by atoms with van der Waals surface area (Å²) in [7, 11) is 0. The fourth-order valence-corrected chi connectivity index (χ4v) is 1.63. The molecule has 0 atom stereocenters. The Morgan fingerprint density at radius 3 is 2.69 bits per heavy atom. The standard InChI is InChI=1S/C13H18BrNO/c1-9(2)8-15-13(16)7-11-4-5-12(14)10(3)6-11/h4-6,9H,7-8H2,1-3H3,(H,15,16). The molecule has 0 radical (unpaired) electrons. The van der Waals surface area contributed by atoms with Crippen LogP contribution in [0.3, 0.4) is 0 Å². The van der Waals surface area contributed by atoms with E-state index in [-0.39, 0.29) is 5.91 Å². The second-order valence-electron chi connectivity index (χ2n) is 4.46. The van der Waals surface area contributed by atoms with Crippen molar-refractivity contribution in [2.75, 3.05) is 6.54 Å². The summed E-state index contributed by atoms with van der Waals surface area (Å²) >= 11 is 3.44. The van der Waals surface area contributed by atoms with Gasteiger partial charge in [0, 0.05) is 11.0 Å². The van der Waals surface area contributed by atoms with Gasteiger partial charge >= 0.3 is 0 Å². The molecule has 0 bridgehead atoms. The van der Waals surface area contributed by atoms with Crippen LogP contribution in [0, 0.1) is 12.8 Å². The van der Waals surface area contributed by atoms with Crippen molar-refractivity contribution in [1.82, 2.24) is 5.32 Å². The minimum atomic E-state index is 0.0930. The second-order valence-corrected chi connectivity index (χ2v) is 5.31. The Balaban J connectivity index is 2.53. The van der Waals surface area contributed by atoms with Crippen LogP contribution in [0.15, 0.2) is 22.7 Å². The van der Waals surface area contributed by atoms with Crippen molar-refractivity contribution in [2.45, 2.75) is 27.2 Å². The molecule has 1 aromatic rings. The van der Waals surface area contributed by atoms with E-state index >= 15 is 0 Å². The average Bonchev–Trinajstić information content (AvgIpc) is 2.21. The molecule has 0 heterocycles. The van der Waals surface area contributed by atoms with E-state index in [0.717, 1.165) is 22.1 Å². The highest BCUT2D eigenvalue weighted by Crippen LogP contribution is 2.17. The Morgan fingerprint density at radius 1 is 1.44 bits per heavy atom. The average molecular weight is 284 g/mol. The lowest BCUT2D eigenvalue weighted by atomic mass is 10.1. The summed E-state index contributed by atoms with van der Waals surface area (Å²) in [6.07, 6.45) is 0.459. The third kappa shape index (κ3) is 4.35. The van der Waals surface area contributed by atoms with Gasteiger partial charge in [-0.1, -0.05) is 41.9 Å². The molecule has 0 aliphatic heterocycles. The molecule has 0 aromatic heterocycles. The van der Waals surface area contributed by atoms with Crippen LogP contribution in [0.5, 0.6) is 0 Å². The van der Waals surface area contributed by atoms with Gasteiger partial charge in [-0.25, -0.2) is 0 Å². The fourth-order valence-electron chi connectivity index (χ4n) is 1.38. The van der Waals surface area contributed by atoms with E-state index in [1.54, 1.807) is 0 Å². The Hall–Kier alpha value is -0.830. The minimum absolute atomic E-state index is 0.0930. The number of hydrogen-bond acceptors (Lipinski definition) is 1. The van der Waals surface area contributed by atoms with Gasteiger partial charge in [0.2, 0.25) is 5.91 Å². The van der Waals surface area contributed by atoms with Crippen molar-refractivity contribution >= 4 is 21.8 Å². The Bertz CT molecular complexity index is 374. The number of carbonyl (C=O) groups is 1. The van der Waals surface area contributed by atoms with Crippen molar-refractivity contribution in [1.29, 1.82) is 0 Å². The van der Waals surface area contributed by atoms with Gasteiger partial charge in [-0.2, -0.15) is 0 Å². The topological polar surface area (TPSA) is 29.1 Å². The summed E-state index contributed by atoms with van der Waals surface area (Å²) in [4.78, 5) is 11.6. The highest BCUT2D eigenvalue weighted by molar-refractivity contribution is 9.10. The van der Waals surface area contributed by atoms with Gasteiger partial charge in [0.25, 0.3) is 0 Å². The first-order valence-corrected chi connectivity index (χ1v) is 6.30. The molecule has 2 nitrogen and oxygen atoms in total. The normalized spacial score (nSPS) is 10.6.